The van der Waals surface area contributed by atoms with Gasteiger partial charge in [0.05, 0.1) is 0 Å². The number of benzene rings is 1. The molecular weight excluding hydrogens is 274 g/mol. The molecule has 20 heavy (non-hydrogen) atoms. The van der Waals surface area contributed by atoms with E-state index in [1.54, 1.807) is 15.6 Å². The Morgan fingerprint density at radius 1 is 1.25 bits per heavy atom. The molecule has 0 radical (unpaired) electrons. The molecule has 4 nitrogen and oxygen atoms in total. The molecule has 1 aromatic heterocycles. The molecule has 0 saturated heterocycles. The molecule has 1 aliphatic heterocycles. The van der Waals surface area contributed by atoms with E-state index in [0.29, 0.717) is 23.8 Å². The molecule has 104 valence electrons. The van der Waals surface area contributed by atoms with Crippen LogP contribution in [0.2, 0.25) is 5.02 Å². The Labute approximate surface area is 123 Å². The SMILES string of the molecule is CC(C)n1ccc(C(=O)N2Cc3ccc(Cl)cc3C2)n1. The highest BCUT2D eigenvalue weighted by atomic mass is 35.5. The van der Waals surface area contributed by atoms with E-state index < -0.39 is 0 Å². The quantitative estimate of drug-likeness (QED) is 0.851. The summed E-state index contributed by atoms with van der Waals surface area (Å²) in [7, 11) is 0. The maximum absolute atomic E-state index is 12.5. The van der Waals surface area contributed by atoms with Gasteiger partial charge in [0.15, 0.2) is 0 Å². The minimum Gasteiger partial charge on any atom is -0.329 e. The molecule has 1 amide bonds. The monoisotopic (exact) mass is 289 g/mol. The maximum atomic E-state index is 12.5. The van der Waals surface area contributed by atoms with Gasteiger partial charge in [0.2, 0.25) is 0 Å². The molecule has 0 N–H and O–H groups in total. The highest BCUT2D eigenvalue weighted by Crippen LogP contribution is 2.26. The smallest absolute Gasteiger partial charge is 0.274 e. The van der Waals surface area contributed by atoms with E-state index in [9.17, 15) is 4.79 Å². The molecule has 1 aromatic carbocycles. The van der Waals surface area contributed by atoms with Gasteiger partial charge in [0, 0.05) is 30.4 Å². The molecule has 0 fully saturated rings. The molecule has 1 aliphatic rings. The summed E-state index contributed by atoms with van der Waals surface area (Å²) in [5.41, 5.74) is 2.78. The average molecular weight is 290 g/mol. The Morgan fingerprint density at radius 2 is 2.00 bits per heavy atom. The first-order valence-corrected chi connectivity index (χ1v) is 7.04. The summed E-state index contributed by atoms with van der Waals surface area (Å²) < 4.78 is 1.80. The van der Waals surface area contributed by atoms with E-state index >= 15 is 0 Å². The number of fused-ring (bicyclic) bond motifs is 1. The summed E-state index contributed by atoms with van der Waals surface area (Å²) in [6, 6.07) is 7.81. The fourth-order valence-corrected chi connectivity index (χ4v) is 2.60. The first-order valence-electron chi connectivity index (χ1n) is 6.66. The predicted molar refractivity (Wildman–Crippen MR) is 77.6 cm³/mol. The molecule has 5 heteroatoms. The van der Waals surface area contributed by atoms with Crippen molar-refractivity contribution < 1.29 is 4.79 Å². The van der Waals surface area contributed by atoms with Gasteiger partial charge in [0.25, 0.3) is 5.91 Å². The normalized spacial score (nSPS) is 13.9. The molecular formula is C15H16ClN3O. The molecule has 2 heterocycles. The van der Waals surface area contributed by atoms with Crippen LogP contribution in [0.5, 0.6) is 0 Å². The Morgan fingerprint density at radius 3 is 2.70 bits per heavy atom. The summed E-state index contributed by atoms with van der Waals surface area (Å²) in [5, 5.41) is 5.04. The lowest BCUT2D eigenvalue weighted by molar-refractivity contribution is 0.0744. The fourth-order valence-electron chi connectivity index (χ4n) is 2.41. The molecule has 0 saturated carbocycles. The second-order valence-corrected chi connectivity index (χ2v) is 5.79. The molecule has 0 bridgehead atoms. The standard InChI is InChI=1S/C15H16ClN3O/c1-10(2)19-6-5-14(17-19)15(20)18-8-11-3-4-13(16)7-12(11)9-18/h3-7,10H,8-9H2,1-2H3. The van der Waals surface area contributed by atoms with Crippen LogP contribution in [0.3, 0.4) is 0 Å². The topological polar surface area (TPSA) is 38.1 Å². The third-order valence-electron chi connectivity index (χ3n) is 3.53. The molecule has 0 aliphatic carbocycles. The fraction of sp³-hybridized carbons (Fsp3) is 0.333. The molecule has 3 rings (SSSR count). The van der Waals surface area contributed by atoms with Crippen molar-refractivity contribution in [1.82, 2.24) is 14.7 Å². The van der Waals surface area contributed by atoms with Gasteiger partial charge < -0.3 is 4.90 Å². The highest BCUT2D eigenvalue weighted by molar-refractivity contribution is 6.30. The van der Waals surface area contributed by atoms with Crippen molar-refractivity contribution in [2.45, 2.75) is 33.0 Å². The van der Waals surface area contributed by atoms with Gasteiger partial charge in [-0.1, -0.05) is 17.7 Å². The first-order chi connectivity index (χ1) is 9.54. The Bertz CT molecular complexity index is 663. The van der Waals surface area contributed by atoms with Crippen molar-refractivity contribution in [3.05, 3.63) is 52.3 Å². The van der Waals surface area contributed by atoms with E-state index in [4.69, 9.17) is 11.6 Å². The van der Waals surface area contributed by atoms with Crippen LogP contribution in [0.25, 0.3) is 0 Å². The number of hydrogen-bond acceptors (Lipinski definition) is 2. The van der Waals surface area contributed by atoms with Crippen LogP contribution in [0.15, 0.2) is 30.5 Å². The van der Waals surface area contributed by atoms with Crippen LogP contribution in [-0.2, 0) is 13.1 Å². The number of rotatable bonds is 2. The zero-order valence-electron chi connectivity index (χ0n) is 11.5. The van der Waals surface area contributed by atoms with Crippen molar-refractivity contribution in [1.29, 1.82) is 0 Å². The summed E-state index contributed by atoms with van der Waals surface area (Å²) >= 11 is 5.99. The van der Waals surface area contributed by atoms with Gasteiger partial charge in [-0.15, -0.1) is 0 Å². The largest absolute Gasteiger partial charge is 0.329 e. The number of carbonyl (C=O) groups is 1. The average Bonchev–Trinajstić information content (AvgIpc) is 3.03. The van der Waals surface area contributed by atoms with Gasteiger partial charge >= 0.3 is 0 Å². The number of amides is 1. The van der Waals surface area contributed by atoms with Crippen molar-refractivity contribution in [3.8, 4) is 0 Å². The van der Waals surface area contributed by atoms with Gasteiger partial charge in [-0.2, -0.15) is 5.10 Å². The highest BCUT2D eigenvalue weighted by Gasteiger charge is 2.25. The third-order valence-corrected chi connectivity index (χ3v) is 3.77. The predicted octanol–water partition coefficient (Wildman–Crippen LogP) is 3.27. The van der Waals surface area contributed by atoms with Crippen LogP contribution < -0.4 is 0 Å². The lowest BCUT2D eigenvalue weighted by Crippen LogP contribution is -2.26. The molecule has 0 atom stereocenters. The lowest BCUT2D eigenvalue weighted by Gasteiger charge is -2.13. The first kappa shape index (κ1) is 13.2. The van der Waals surface area contributed by atoms with Gasteiger partial charge in [-0.3, -0.25) is 9.48 Å². The number of nitrogens with zero attached hydrogens (tertiary/aromatic N) is 3. The zero-order valence-corrected chi connectivity index (χ0v) is 12.3. The zero-order chi connectivity index (χ0) is 14.3. The minimum absolute atomic E-state index is 0.0308. The van der Waals surface area contributed by atoms with Crippen LogP contribution in [-0.4, -0.2) is 20.6 Å². The lowest BCUT2D eigenvalue weighted by atomic mass is 10.1. The van der Waals surface area contributed by atoms with E-state index in [1.807, 2.05) is 38.2 Å². The van der Waals surface area contributed by atoms with E-state index in [-0.39, 0.29) is 11.9 Å². The summed E-state index contributed by atoms with van der Waals surface area (Å²) in [6.07, 6.45) is 1.85. The summed E-state index contributed by atoms with van der Waals surface area (Å²) in [4.78, 5) is 14.3. The summed E-state index contributed by atoms with van der Waals surface area (Å²) in [5.74, 6) is -0.0308. The van der Waals surface area contributed by atoms with Crippen LogP contribution in [0, 0.1) is 0 Å². The van der Waals surface area contributed by atoms with E-state index in [0.717, 1.165) is 11.1 Å². The van der Waals surface area contributed by atoms with Crippen molar-refractivity contribution >= 4 is 17.5 Å². The van der Waals surface area contributed by atoms with Crippen molar-refractivity contribution in [3.63, 3.8) is 0 Å². The second kappa shape index (κ2) is 4.94. The Kier molecular flexibility index (Phi) is 3.26. The van der Waals surface area contributed by atoms with E-state index in [1.165, 1.54) is 0 Å². The number of halogens is 1. The molecule has 0 unspecified atom stereocenters. The van der Waals surface area contributed by atoms with E-state index in [2.05, 4.69) is 5.10 Å². The second-order valence-electron chi connectivity index (χ2n) is 5.35. The Balaban J connectivity index is 1.79. The number of hydrogen-bond donors (Lipinski definition) is 0. The minimum atomic E-state index is -0.0308. The number of aromatic nitrogens is 2. The Hall–Kier alpha value is -1.81. The third kappa shape index (κ3) is 2.31. The summed E-state index contributed by atoms with van der Waals surface area (Å²) in [6.45, 7) is 5.30. The van der Waals surface area contributed by atoms with Crippen molar-refractivity contribution in [2.24, 2.45) is 0 Å². The van der Waals surface area contributed by atoms with Gasteiger partial charge in [0.1, 0.15) is 5.69 Å². The molecule has 2 aromatic rings. The van der Waals surface area contributed by atoms with Gasteiger partial charge in [-0.05, 0) is 43.2 Å². The van der Waals surface area contributed by atoms with Crippen molar-refractivity contribution in [2.75, 3.05) is 0 Å². The van der Waals surface area contributed by atoms with Crippen LogP contribution in [0.1, 0.15) is 41.5 Å². The maximum Gasteiger partial charge on any atom is 0.274 e. The van der Waals surface area contributed by atoms with Crippen LogP contribution >= 0.6 is 11.6 Å². The van der Waals surface area contributed by atoms with Gasteiger partial charge in [-0.25, -0.2) is 0 Å². The molecule has 0 spiro atoms. The van der Waals surface area contributed by atoms with Crippen LogP contribution in [0.4, 0.5) is 0 Å². The number of carbonyl (C=O) groups excluding carboxylic acids is 1.